The number of benzene rings is 1. The molecule has 0 aromatic heterocycles. The van der Waals surface area contributed by atoms with Gasteiger partial charge in [0.05, 0.1) is 11.7 Å². The molecule has 0 spiro atoms. The molecule has 0 aliphatic carbocycles. The SMILES string of the molecule is CC(C)N1CC(C(=O)OCC(=O)N2CCN(S(=O)(=O)Cc3ccccc3)CC2)CC1=O. The first-order valence-corrected chi connectivity index (χ1v) is 12.0. The minimum absolute atomic E-state index is 0.0152. The minimum Gasteiger partial charge on any atom is -0.455 e. The van der Waals surface area contributed by atoms with Crippen molar-refractivity contribution in [2.75, 3.05) is 39.3 Å². The van der Waals surface area contributed by atoms with E-state index in [-0.39, 0.29) is 56.2 Å². The predicted molar refractivity (Wildman–Crippen MR) is 113 cm³/mol. The Morgan fingerprint density at radius 2 is 1.74 bits per heavy atom. The van der Waals surface area contributed by atoms with E-state index in [4.69, 9.17) is 4.74 Å². The molecule has 31 heavy (non-hydrogen) atoms. The van der Waals surface area contributed by atoms with Crippen molar-refractivity contribution in [1.29, 1.82) is 0 Å². The number of sulfonamides is 1. The van der Waals surface area contributed by atoms with E-state index in [0.29, 0.717) is 12.1 Å². The highest BCUT2D eigenvalue weighted by Gasteiger charge is 2.37. The minimum atomic E-state index is -3.47. The molecule has 170 valence electrons. The van der Waals surface area contributed by atoms with E-state index in [1.54, 1.807) is 29.2 Å². The van der Waals surface area contributed by atoms with Crippen LogP contribution in [0.1, 0.15) is 25.8 Å². The van der Waals surface area contributed by atoms with Crippen molar-refractivity contribution < 1.29 is 27.5 Å². The van der Waals surface area contributed by atoms with Crippen LogP contribution in [0.25, 0.3) is 0 Å². The van der Waals surface area contributed by atoms with Crippen LogP contribution in [0.3, 0.4) is 0 Å². The predicted octanol–water partition coefficient (Wildman–Crippen LogP) is 0.461. The van der Waals surface area contributed by atoms with Crippen LogP contribution in [-0.2, 0) is 34.9 Å². The molecule has 2 amide bonds. The van der Waals surface area contributed by atoms with Crippen molar-refractivity contribution in [1.82, 2.24) is 14.1 Å². The number of hydrogen-bond donors (Lipinski definition) is 0. The van der Waals surface area contributed by atoms with Crippen molar-refractivity contribution in [2.45, 2.75) is 32.1 Å². The number of esters is 1. The van der Waals surface area contributed by atoms with Gasteiger partial charge < -0.3 is 14.5 Å². The molecule has 0 N–H and O–H groups in total. The number of amides is 2. The number of ether oxygens (including phenoxy) is 1. The average molecular weight is 452 g/mol. The second-order valence-electron chi connectivity index (χ2n) is 8.17. The summed E-state index contributed by atoms with van der Waals surface area (Å²) >= 11 is 0. The maximum absolute atomic E-state index is 12.6. The molecule has 1 atom stereocenters. The molecule has 0 saturated carbocycles. The molecule has 2 aliphatic rings. The van der Waals surface area contributed by atoms with Crippen molar-refractivity contribution in [3.63, 3.8) is 0 Å². The van der Waals surface area contributed by atoms with Gasteiger partial charge in [-0.15, -0.1) is 0 Å². The molecule has 0 radical (unpaired) electrons. The van der Waals surface area contributed by atoms with Gasteiger partial charge in [-0.3, -0.25) is 14.4 Å². The summed E-state index contributed by atoms with van der Waals surface area (Å²) in [4.78, 5) is 39.7. The maximum atomic E-state index is 12.6. The Labute approximate surface area is 183 Å². The molecule has 0 bridgehead atoms. The van der Waals surface area contributed by atoms with E-state index in [1.807, 2.05) is 19.9 Å². The molecule has 1 aromatic carbocycles. The van der Waals surface area contributed by atoms with Crippen LogP contribution in [0.4, 0.5) is 0 Å². The monoisotopic (exact) mass is 451 g/mol. The maximum Gasteiger partial charge on any atom is 0.311 e. The first kappa shape index (κ1) is 23.2. The third-order valence-corrected chi connectivity index (χ3v) is 7.48. The normalized spacial score (nSPS) is 20.4. The Hall–Kier alpha value is -2.46. The molecule has 2 fully saturated rings. The zero-order valence-electron chi connectivity index (χ0n) is 17.9. The van der Waals surface area contributed by atoms with Gasteiger partial charge in [-0.05, 0) is 19.4 Å². The second kappa shape index (κ2) is 9.78. The van der Waals surface area contributed by atoms with E-state index in [1.165, 1.54) is 9.21 Å². The van der Waals surface area contributed by atoms with Gasteiger partial charge in [-0.2, -0.15) is 4.31 Å². The van der Waals surface area contributed by atoms with Crippen LogP contribution < -0.4 is 0 Å². The number of nitrogens with zero attached hydrogens (tertiary/aromatic N) is 3. The van der Waals surface area contributed by atoms with Gasteiger partial charge in [0.25, 0.3) is 5.91 Å². The van der Waals surface area contributed by atoms with Crippen molar-refractivity contribution in [3.8, 4) is 0 Å². The van der Waals surface area contributed by atoms with Gasteiger partial charge in [-0.25, -0.2) is 8.42 Å². The largest absolute Gasteiger partial charge is 0.455 e. The van der Waals surface area contributed by atoms with Gasteiger partial charge in [0.1, 0.15) is 0 Å². The van der Waals surface area contributed by atoms with E-state index >= 15 is 0 Å². The van der Waals surface area contributed by atoms with Gasteiger partial charge in [0.15, 0.2) is 6.61 Å². The quantitative estimate of drug-likeness (QED) is 0.558. The van der Waals surface area contributed by atoms with E-state index in [0.717, 1.165) is 0 Å². The molecule has 2 heterocycles. The molecule has 9 nitrogen and oxygen atoms in total. The molecule has 3 rings (SSSR count). The Morgan fingerprint density at radius 3 is 2.32 bits per heavy atom. The van der Waals surface area contributed by atoms with Gasteiger partial charge in [-0.1, -0.05) is 30.3 Å². The summed E-state index contributed by atoms with van der Waals surface area (Å²) in [5.74, 6) is -1.63. The van der Waals surface area contributed by atoms with Crippen LogP contribution in [0, 0.1) is 5.92 Å². The first-order chi connectivity index (χ1) is 14.7. The highest BCUT2D eigenvalue weighted by molar-refractivity contribution is 7.88. The number of piperazine rings is 1. The van der Waals surface area contributed by atoms with Crippen molar-refractivity contribution >= 4 is 27.8 Å². The van der Waals surface area contributed by atoms with Crippen molar-refractivity contribution in [2.24, 2.45) is 5.92 Å². The van der Waals surface area contributed by atoms with Gasteiger partial charge in [0, 0.05) is 45.2 Å². The lowest BCUT2D eigenvalue weighted by molar-refractivity contribution is -0.155. The Kier molecular flexibility index (Phi) is 7.32. The van der Waals surface area contributed by atoms with E-state index in [9.17, 15) is 22.8 Å². The first-order valence-electron chi connectivity index (χ1n) is 10.4. The highest BCUT2D eigenvalue weighted by atomic mass is 32.2. The standard InChI is InChI=1S/C21H29N3O6S/c1-16(2)24-13-18(12-19(24)25)21(27)30-14-20(26)22-8-10-23(11-9-22)31(28,29)15-17-6-4-3-5-7-17/h3-7,16,18H,8-15H2,1-2H3. The van der Waals surface area contributed by atoms with Crippen LogP contribution in [0.15, 0.2) is 30.3 Å². The topological polar surface area (TPSA) is 104 Å². The number of likely N-dealkylation sites (tertiary alicyclic amines) is 1. The molecule has 10 heteroatoms. The summed E-state index contributed by atoms with van der Waals surface area (Å²) in [6, 6.07) is 8.97. The lowest BCUT2D eigenvalue weighted by atomic mass is 10.1. The fraction of sp³-hybridized carbons (Fsp3) is 0.571. The zero-order valence-corrected chi connectivity index (χ0v) is 18.7. The fourth-order valence-electron chi connectivity index (χ4n) is 3.82. The number of rotatable bonds is 7. The summed E-state index contributed by atoms with van der Waals surface area (Å²) in [5.41, 5.74) is 0.717. The Balaban J connectivity index is 1.44. The van der Waals surface area contributed by atoms with E-state index < -0.39 is 28.5 Å². The summed E-state index contributed by atoms with van der Waals surface area (Å²) < 4.78 is 31.8. The van der Waals surface area contributed by atoms with Gasteiger partial charge in [0.2, 0.25) is 15.9 Å². The van der Waals surface area contributed by atoms with Crippen LogP contribution >= 0.6 is 0 Å². The lowest BCUT2D eigenvalue weighted by Gasteiger charge is -2.34. The van der Waals surface area contributed by atoms with Gasteiger partial charge >= 0.3 is 5.97 Å². The zero-order chi connectivity index (χ0) is 22.6. The smallest absolute Gasteiger partial charge is 0.311 e. The summed E-state index contributed by atoms with van der Waals surface area (Å²) in [7, 11) is -3.47. The third-order valence-electron chi connectivity index (χ3n) is 5.63. The number of hydrogen-bond acceptors (Lipinski definition) is 6. The molecule has 1 unspecified atom stereocenters. The average Bonchev–Trinajstić information content (AvgIpc) is 3.14. The third kappa shape index (κ3) is 5.82. The second-order valence-corrected chi connectivity index (χ2v) is 10.1. The van der Waals surface area contributed by atoms with Crippen LogP contribution in [0.2, 0.25) is 0 Å². The molecule has 1 aromatic rings. The number of carbonyl (C=O) groups excluding carboxylic acids is 3. The highest BCUT2D eigenvalue weighted by Crippen LogP contribution is 2.21. The van der Waals surface area contributed by atoms with Crippen LogP contribution in [0.5, 0.6) is 0 Å². The lowest BCUT2D eigenvalue weighted by Crippen LogP contribution is -2.51. The Bertz CT molecular complexity index is 910. The molecular formula is C21H29N3O6S. The molecular weight excluding hydrogens is 422 g/mol. The van der Waals surface area contributed by atoms with Crippen molar-refractivity contribution in [3.05, 3.63) is 35.9 Å². The fourth-order valence-corrected chi connectivity index (χ4v) is 5.34. The molecule has 2 aliphatic heterocycles. The number of carbonyl (C=O) groups is 3. The summed E-state index contributed by atoms with van der Waals surface area (Å²) in [6.45, 7) is 4.57. The summed E-state index contributed by atoms with van der Waals surface area (Å²) in [5, 5.41) is 0. The van der Waals surface area contributed by atoms with E-state index in [2.05, 4.69) is 0 Å². The van der Waals surface area contributed by atoms with Crippen LogP contribution in [-0.4, -0.2) is 85.7 Å². The Morgan fingerprint density at radius 1 is 1.10 bits per heavy atom. The molecule has 2 saturated heterocycles. The summed E-state index contributed by atoms with van der Waals surface area (Å²) in [6.07, 6.45) is 0.100.